The van der Waals surface area contributed by atoms with Gasteiger partial charge in [0.25, 0.3) is 5.91 Å². The van der Waals surface area contributed by atoms with Gasteiger partial charge in [-0.3, -0.25) is 4.79 Å². The molecule has 1 amide bonds. The first-order chi connectivity index (χ1) is 7.68. The van der Waals surface area contributed by atoms with Gasteiger partial charge in [-0.1, -0.05) is 0 Å². The van der Waals surface area contributed by atoms with Crippen molar-refractivity contribution >= 4 is 5.91 Å². The van der Waals surface area contributed by atoms with E-state index in [9.17, 15) is 4.79 Å². The first kappa shape index (κ1) is 11.9. The van der Waals surface area contributed by atoms with Crippen LogP contribution in [0, 0.1) is 5.92 Å². The van der Waals surface area contributed by atoms with Crippen LogP contribution in [-0.4, -0.2) is 50.2 Å². The van der Waals surface area contributed by atoms with Crippen LogP contribution in [0.25, 0.3) is 0 Å². The molecule has 0 bridgehead atoms. The van der Waals surface area contributed by atoms with Gasteiger partial charge in [0.05, 0.1) is 6.10 Å². The van der Waals surface area contributed by atoms with Crippen molar-refractivity contribution in [3.63, 3.8) is 0 Å². The number of nitrogens with zero attached hydrogens (tertiary/aromatic N) is 1. The summed E-state index contributed by atoms with van der Waals surface area (Å²) < 4.78 is 5.90. The summed E-state index contributed by atoms with van der Waals surface area (Å²) in [5.74, 6) is 0.776. The number of ether oxygens (including phenoxy) is 1. The van der Waals surface area contributed by atoms with Crippen LogP contribution in [0.15, 0.2) is 0 Å². The Labute approximate surface area is 97.3 Å². The molecule has 0 spiro atoms. The van der Waals surface area contributed by atoms with E-state index in [4.69, 9.17) is 4.74 Å². The minimum absolute atomic E-state index is 0.122. The standard InChI is InChI=1S/C12H22N2O2/c1-14(2)12(15)11-4-3-10(16-11)9-5-7-13-8-6-9/h9-11,13H,3-8H2,1-2H3. The maximum Gasteiger partial charge on any atom is 0.251 e. The molecule has 0 aromatic heterocycles. The Bertz CT molecular complexity index is 249. The number of carbonyl (C=O) groups is 1. The number of hydrogen-bond acceptors (Lipinski definition) is 3. The highest BCUT2D eigenvalue weighted by Gasteiger charge is 2.36. The molecule has 2 atom stereocenters. The summed E-state index contributed by atoms with van der Waals surface area (Å²) in [5.41, 5.74) is 0. The zero-order valence-corrected chi connectivity index (χ0v) is 10.2. The number of nitrogens with one attached hydrogen (secondary N) is 1. The number of rotatable bonds is 2. The van der Waals surface area contributed by atoms with Crippen molar-refractivity contribution in [1.29, 1.82) is 0 Å². The van der Waals surface area contributed by atoms with Crippen LogP contribution >= 0.6 is 0 Å². The van der Waals surface area contributed by atoms with Crippen molar-refractivity contribution in [3.8, 4) is 0 Å². The van der Waals surface area contributed by atoms with E-state index in [1.165, 1.54) is 12.8 Å². The van der Waals surface area contributed by atoms with Crippen molar-refractivity contribution in [2.24, 2.45) is 5.92 Å². The molecule has 2 fully saturated rings. The fraction of sp³-hybridized carbons (Fsp3) is 0.917. The normalized spacial score (nSPS) is 31.6. The topological polar surface area (TPSA) is 41.6 Å². The van der Waals surface area contributed by atoms with E-state index in [0.717, 1.165) is 25.9 Å². The Kier molecular flexibility index (Phi) is 3.82. The Balaban J connectivity index is 1.85. The van der Waals surface area contributed by atoms with Crippen molar-refractivity contribution in [1.82, 2.24) is 10.2 Å². The predicted molar refractivity (Wildman–Crippen MR) is 62.2 cm³/mol. The van der Waals surface area contributed by atoms with E-state index < -0.39 is 0 Å². The molecule has 2 aliphatic rings. The Morgan fingerprint density at radius 3 is 2.50 bits per heavy atom. The summed E-state index contributed by atoms with van der Waals surface area (Å²) in [6.45, 7) is 2.19. The average molecular weight is 226 g/mol. The van der Waals surface area contributed by atoms with Crippen molar-refractivity contribution in [2.45, 2.75) is 37.9 Å². The lowest BCUT2D eigenvalue weighted by Gasteiger charge is -2.28. The molecule has 2 rings (SSSR count). The molecule has 2 heterocycles. The summed E-state index contributed by atoms with van der Waals surface area (Å²) in [6, 6.07) is 0. The molecule has 2 aliphatic heterocycles. The molecule has 4 heteroatoms. The van der Waals surface area contributed by atoms with E-state index in [0.29, 0.717) is 12.0 Å². The van der Waals surface area contributed by atoms with E-state index in [1.807, 2.05) is 0 Å². The summed E-state index contributed by atoms with van der Waals surface area (Å²) in [5, 5.41) is 3.36. The van der Waals surface area contributed by atoms with Gasteiger partial charge in [0.15, 0.2) is 0 Å². The molecule has 92 valence electrons. The number of likely N-dealkylation sites (N-methyl/N-ethyl adjacent to an activating group) is 1. The van der Waals surface area contributed by atoms with Crippen LogP contribution in [0.5, 0.6) is 0 Å². The maximum absolute atomic E-state index is 11.8. The predicted octanol–water partition coefficient (Wildman–Crippen LogP) is 0.622. The van der Waals surface area contributed by atoms with E-state index in [1.54, 1.807) is 19.0 Å². The minimum atomic E-state index is -0.185. The Hall–Kier alpha value is -0.610. The van der Waals surface area contributed by atoms with Gasteiger partial charge < -0.3 is 15.0 Å². The van der Waals surface area contributed by atoms with Crippen LogP contribution in [-0.2, 0) is 9.53 Å². The molecule has 2 unspecified atom stereocenters. The second-order valence-corrected chi connectivity index (χ2v) is 5.06. The molecule has 0 aromatic rings. The average Bonchev–Trinajstić information content (AvgIpc) is 2.78. The lowest BCUT2D eigenvalue weighted by molar-refractivity contribution is -0.141. The summed E-state index contributed by atoms with van der Waals surface area (Å²) in [6.07, 6.45) is 4.45. The van der Waals surface area contributed by atoms with Crippen molar-refractivity contribution in [2.75, 3.05) is 27.2 Å². The highest BCUT2D eigenvalue weighted by Crippen LogP contribution is 2.30. The van der Waals surface area contributed by atoms with Gasteiger partial charge in [-0.15, -0.1) is 0 Å². The molecule has 0 aromatic carbocycles. The highest BCUT2D eigenvalue weighted by atomic mass is 16.5. The molecule has 16 heavy (non-hydrogen) atoms. The molecular formula is C12H22N2O2. The SMILES string of the molecule is CN(C)C(=O)C1CCC(C2CCNCC2)O1. The van der Waals surface area contributed by atoms with Gasteiger partial charge in [-0.05, 0) is 44.7 Å². The third kappa shape index (κ3) is 2.55. The maximum atomic E-state index is 11.8. The van der Waals surface area contributed by atoms with Crippen molar-refractivity contribution < 1.29 is 9.53 Å². The second kappa shape index (κ2) is 5.15. The molecule has 1 N–H and O–H groups in total. The fourth-order valence-corrected chi connectivity index (χ4v) is 2.70. The Morgan fingerprint density at radius 2 is 1.88 bits per heavy atom. The molecular weight excluding hydrogens is 204 g/mol. The summed E-state index contributed by atoms with van der Waals surface area (Å²) >= 11 is 0. The second-order valence-electron chi connectivity index (χ2n) is 5.06. The molecule has 4 nitrogen and oxygen atoms in total. The van der Waals surface area contributed by atoms with Gasteiger partial charge in [0.2, 0.25) is 0 Å². The van der Waals surface area contributed by atoms with Crippen molar-refractivity contribution in [3.05, 3.63) is 0 Å². The summed E-state index contributed by atoms with van der Waals surface area (Å²) in [4.78, 5) is 13.4. The largest absolute Gasteiger partial charge is 0.365 e. The third-order valence-electron chi connectivity index (χ3n) is 3.68. The van der Waals surface area contributed by atoms with E-state index in [2.05, 4.69) is 5.32 Å². The quantitative estimate of drug-likeness (QED) is 0.750. The van der Waals surface area contributed by atoms with E-state index >= 15 is 0 Å². The highest BCUT2D eigenvalue weighted by molar-refractivity contribution is 5.80. The van der Waals surface area contributed by atoms with Crippen LogP contribution in [0.3, 0.4) is 0 Å². The van der Waals surface area contributed by atoms with Crippen LogP contribution in [0.4, 0.5) is 0 Å². The minimum Gasteiger partial charge on any atom is -0.365 e. The van der Waals surface area contributed by atoms with Crippen LogP contribution < -0.4 is 5.32 Å². The van der Waals surface area contributed by atoms with E-state index in [-0.39, 0.29) is 12.0 Å². The van der Waals surface area contributed by atoms with Gasteiger partial charge in [-0.25, -0.2) is 0 Å². The van der Waals surface area contributed by atoms with Gasteiger partial charge in [-0.2, -0.15) is 0 Å². The zero-order valence-electron chi connectivity index (χ0n) is 10.2. The zero-order chi connectivity index (χ0) is 11.5. The fourth-order valence-electron chi connectivity index (χ4n) is 2.70. The smallest absolute Gasteiger partial charge is 0.251 e. The number of carbonyl (C=O) groups excluding carboxylic acids is 1. The first-order valence-electron chi connectivity index (χ1n) is 6.26. The van der Waals surface area contributed by atoms with Gasteiger partial charge in [0.1, 0.15) is 6.10 Å². The first-order valence-corrected chi connectivity index (χ1v) is 6.26. The third-order valence-corrected chi connectivity index (χ3v) is 3.68. The van der Waals surface area contributed by atoms with Gasteiger partial charge in [0, 0.05) is 14.1 Å². The molecule has 0 saturated carbocycles. The number of amides is 1. The number of hydrogen-bond donors (Lipinski definition) is 1. The summed E-state index contributed by atoms with van der Waals surface area (Å²) in [7, 11) is 3.59. The molecule has 2 saturated heterocycles. The van der Waals surface area contributed by atoms with Crippen LogP contribution in [0.1, 0.15) is 25.7 Å². The molecule has 0 radical (unpaired) electrons. The van der Waals surface area contributed by atoms with Gasteiger partial charge >= 0.3 is 0 Å². The van der Waals surface area contributed by atoms with Crippen LogP contribution in [0.2, 0.25) is 0 Å². The number of piperidine rings is 1. The Morgan fingerprint density at radius 1 is 1.19 bits per heavy atom. The lowest BCUT2D eigenvalue weighted by atomic mass is 9.91. The lowest BCUT2D eigenvalue weighted by Crippen LogP contribution is -2.37. The monoisotopic (exact) mass is 226 g/mol. The molecule has 0 aliphatic carbocycles.